The summed E-state index contributed by atoms with van der Waals surface area (Å²) in [4.78, 5) is 13.5. The van der Waals surface area contributed by atoms with Crippen LogP contribution in [0.5, 0.6) is 0 Å². The molecule has 3 saturated heterocycles. The van der Waals surface area contributed by atoms with Gasteiger partial charge < -0.3 is 89.9 Å². The van der Waals surface area contributed by atoms with E-state index in [0.29, 0.717) is 12.8 Å². The lowest BCUT2D eigenvalue weighted by Crippen LogP contribution is -2.66. The zero-order chi connectivity index (χ0) is 76.0. The molecule has 3 rings (SSSR count). The number of allylic oxidation sites excluding steroid dienone is 3. The number of aliphatic hydroxyl groups excluding tert-OH is 11. The van der Waals surface area contributed by atoms with Crippen LogP contribution in [-0.2, 0) is 33.2 Å². The quantitative estimate of drug-likeness (QED) is 0.0199. The number of nitrogens with one attached hydrogen (secondary N) is 1. The standard InChI is InChI=1S/C86H163NO18/c1-3-5-7-9-11-13-15-17-19-21-23-24-25-26-27-28-29-30-31-32-33-34-35-36-37-38-39-40-41-42-43-44-46-48-50-52-54-56-58-60-62-64-74(92)87-69(70(91)63-61-59-57-55-53-51-49-47-45-22-20-18-16-14-12-10-8-6-4-2)68-100-84-80(98)77(95)82(72(66-89)102-84)105-86-81(99)78(96)83(73(67-90)103-86)104-85-79(97)76(94)75(93)71(65-88)101-85/h53,55,61,63,69-73,75-86,88-91,93-99H,3-52,54,56-60,62,64-68H2,1-2H3,(H,87,92)/b55-53+,63-61+. The van der Waals surface area contributed by atoms with Gasteiger partial charge in [-0.25, -0.2) is 0 Å². The molecule has 17 unspecified atom stereocenters. The average Bonchev–Trinajstić information content (AvgIpc) is 0.780. The van der Waals surface area contributed by atoms with Gasteiger partial charge in [0.15, 0.2) is 18.9 Å². The summed E-state index contributed by atoms with van der Waals surface area (Å²) in [6.07, 6.45) is 56.5. The zero-order valence-electron chi connectivity index (χ0n) is 66.7. The van der Waals surface area contributed by atoms with Crippen LogP contribution >= 0.6 is 0 Å². The van der Waals surface area contributed by atoms with Crippen LogP contribution in [0, 0.1) is 0 Å². The van der Waals surface area contributed by atoms with Gasteiger partial charge in [-0.1, -0.05) is 372 Å². The minimum Gasteiger partial charge on any atom is -0.394 e. The van der Waals surface area contributed by atoms with Crippen LogP contribution in [0.15, 0.2) is 24.3 Å². The Kier molecular flexibility index (Phi) is 62.0. The highest BCUT2D eigenvalue weighted by Gasteiger charge is 2.54. The summed E-state index contributed by atoms with van der Waals surface area (Å²) in [6.45, 7) is 1.78. The zero-order valence-corrected chi connectivity index (χ0v) is 66.7. The highest BCUT2D eigenvalue weighted by Crippen LogP contribution is 2.34. The first-order valence-electron chi connectivity index (χ1n) is 44.1. The maximum Gasteiger partial charge on any atom is 0.220 e. The van der Waals surface area contributed by atoms with Gasteiger partial charge in [0.2, 0.25) is 5.91 Å². The van der Waals surface area contributed by atoms with Crippen molar-refractivity contribution in [3.05, 3.63) is 24.3 Å². The third-order valence-corrected chi connectivity index (χ3v) is 22.3. The van der Waals surface area contributed by atoms with Crippen molar-refractivity contribution in [3.8, 4) is 0 Å². The number of amides is 1. The number of carbonyl (C=O) groups excluding carboxylic acids is 1. The molecular weight excluding hydrogens is 1330 g/mol. The summed E-state index contributed by atoms with van der Waals surface area (Å²) >= 11 is 0. The molecule has 3 fully saturated rings. The van der Waals surface area contributed by atoms with E-state index in [1.54, 1.807) is 6.08 Å². The van der Waals surface area contributed by atoms with Crippen molar-refractivity contribution in [2.75, 3.05) is 26.4 Å². The Labute approximate surface area is 638 Å². The van der Waals surface area contributed by atoms with Gasteiger partial charge in [0.05, 0.1) is 38.6 Å². The van der Waals surface area contributed by atoms with Crippen LogP contribution < -0.4 is 5.32 Å². The van der Waals surface area contributed by atoms with Gasteiger partial charge in [0.1, 0.15) is 73.2 Å². The first kappa shape index (κ1) is 97.5. The van der Waals surface area contributed by atoms with Gasteiger partial charge in [-0.2, -0.15) is 0 Å². The predicted molar refractivity (Wildman–Crippen MR) is 420 cm³/mol. The molecule has 0 saturated carbocycles. The predicted octanol–water partition coefficient (Wildman–Crippen LogP) is 16.1. The molecule has 3 aliphatic rings. The molecule has 0 aromatic heterocycles. The Bertz CT molecular complexity index is 1990. The third-order valence-electron chi connectivity index (χ3n) is 22.3. The third kappa shape index (κ3) is 46.1. The highest BCUT2D eigenvalue weighted by atomic mass is 16.8. The number of ether oxygens (including phenoxy) is 6. The Morgan fingerprint density at radius 2 is 0.610 bits per heavy atom. The second-order valence-electron chi connectivity index (χ2n) is 31.7. The summed E-state index contributed by atoms with van der Waals surface area (Å²) in [5.74, 6) is -0.277. The van der Waals surface area contributed by atoms with Crippen molar-refractivity contribution in [1.29, 1.82) is 0 Å². The largest absolute Gasteiger partial charge is 0.394 e. The first-order chi connectivity index (χ1) is 51.3. The number of hydrogen-bond acceptors (Lipinski definition) is 18. The molecule has 0 radical (unpaired) electrons. The molecule has 0 bridgehead atoms. The second-order valence-corrected chi connectivity index (χ2v) is 31.7. The molecular formula is C86H163NO18. The molecule has 3 aliphatic heterocycles. The SMILES string of the molecule is CCCCCCCCCCCCCCC/C=C/CC/C=C/C(O)C(COC1OC(CO)C(OC2OC(CO)C(OC3OC(CO)C(O)C(O)C3O)C(O)C2O)C(O)C1O)NC(=O)CCCCCCCCCCCCCCCCCCCCCCCCCCCCCCCCCCCCCCCCCCC. The van der Waals surface area contributed by atoms with E-state index in [9.17, 15) is 61.0 Å². The number of carbonyl (C=O) groups is 1. The van der Waals surface area contributed by atoms with Gasteiger partial charge in [0.25, 0.3) is 0 Å². The number of hydrogen-bond donors (Lipinski definition) is 12. The van der Waals surface area contributed by atoms with Crippen molar-refractivity contribution >= 4 is 5.91 Å². The van der Waals surface area contributed by atoms with Gasteiger partial charge in [-0.15, -0.1) is 0 Å². The summed E-state index contributed by atoms with van der Waals surface area (Å²) in [5.41, 5.74) is 0. The van der Waals surface area contributed by atoms with E-state index >= 15 is 0 Å². The van der Waals surface area contributed by atoms with Gasteiger partial charge in [-0.3, -0.25) is 4.79 Å². The average molecular weight is 1500 g/mol. The van der Waals surface area contributed by atoms with Crippen LogP contribution in [0.25, 0.3) is 0 Å². The smallest absolute Gasteiger partial charge is 0.220 e. The van der Waals surface area contributed by atoms with Crippen LogP contribution in [0.2, 0.25) is 0 Å². The van der Waals surface area contributed by atoms with Crippen LogP contribution in [0.4, 0.5) is 0 Å². The second kappa shape index (κ2) is 66.8. The van der Waals surface area contributed by atoms with Crippen molar-refractivity contribution in [2.45, 2.75) is 491 Å². The summed E-state index contributed by atoms with van der Waals surface area (Å²) in [5, 5.41) is 121. The van der Waals surface area contributed by atoms with Gasteiger partial charge in [-0.05, 0) is 32.1 Å². The normalized spacial score (nSPS) is 25.8. The fourth-order valence-corrected chi connectivity index (χ4v) is 15.2. The molecule has 0 aromatic rings. The van der Waals surface area contributed by atoms with Gasteiger partial charge in [0, 0.05) is 6.42 Å². The highest BCUT2D eigenvalue weighted by molar-refractivity contribution is 5.76. The monoisotopic (exact) mass is 1500 g/mol. The van der Waals surface area contributed by atoms with E-state index in [-0.39, 0.29) is 18.9 Å². The Balaban J connectivity index is 1.28. The molecule has 0 aromatic carbocycles. The summed E-state index contributed by atoms with van der Waals surface area (Å²) in [7, 11) is 0. The maximum atomic E-state index is 13.5. The molecule has 3 heterocycles. The molecule has 1 amide bonds. The van der Waals surface area contributed by atoms with Crippen LogP contribution in [0.1, 0.15) is 386 Å². The summed E-state index contributed by atoms with van der Waals surface area (Å²) < 4.78 is 34.5. The molecule has 620 valence electrons. The maximum absolute atomic E-state index is 13.5. The lowest BCUT2D eigenvalue weighted by molar-refractivity contribution is -0.379. The van der Waals surface area contributed by atoms with E-state index in [4.69, 9.17) is 28.4 Å². The van der Waals surface area contributed by atoms with E-state index in [1.807, 2.05) is 6.08 Å². The lowest BCUT2D eigenvalue weighted by atomic mass is 9.96. The van der Waals surface area contributed by atoms with E-state index in [1.165, 1.54) is 315 Å². The fourth-order valence-electron chi connectivity index (χ4n) is 15.2. The van der Waals surface area contributed by atoms with Crippen molar-refractivity contribution in [3.63, 3.8) is 0 Å². The Morgan fingerprint density at radius 3 is 0.952 bits per heavy atom. The minimum atomic E-state index is -1.98. The van der Waals surface area contributed by atoms with E-state index in [0.717, 1.165) is 38.5 Å². The number of aliphatic hydroxyl groups is 11. The molecule has 0 aliphatic carbocycles. The minimum absolute atomic E-state index is 0.241. The van der Waals surface area contributed by atoms with Crippen molar-refractivity contribution < 1.29 is 89.4 Å². The Hall–Kier alpha value is -1.73. The van der Waals surface area contributed by atoms with Crippen LogP contribution in [-0.4, -0.2) is 193 Å². The molecule has 105 heavy (non-hydrogen) atoms. The molecule has 17 atom stereocenters. The van der Waals surface area contributed by atoms with E-state index < -0.39 is 124 Å². The molecule has 12 N–H and O–H groups in total. The molecule has 19 heteroatoms. The molecule has 19 nitrogen and oxygen atoms in total. The Morgan fingerprint density at radius 1 is 0.333 bits per heavy atom. The van der Waals surface area contributed by atoms with Crippen molar-refractivity contribution in [1.82, 2.24) is 5.32 Å². The topological polar surface area (TPSA) is 307 Å². The fraction of sp³-hybridized carbons (Fsp3) is 0.942. The molecule has 0 spiro atoms. The number of unbranched alkanes of at least 4 members (excludes halogenated alkanes) is 54. The first-order valence-corrected chi connectivity index (χ1v) is 44.1. The van der Waals surface area contributed by atoms with E-state index in [2.05, 4.69) is 31.3 Å². The van der Waals surface area contributed by atoms with Crippen LogP contribution in [0.3, 0.4) is 0 Å². The van der Waals surface area contributed by atoms with Gasteiger partial charge >= 0.3 is 0 Å². The number of rotatable bonds is 72. The lowest BCUT2D eigenvalue weighted by Gasteiger charge is -2.48. The van der Waals surface area contributed by atoms with Crippen molar-refractivity contribution in [2.24, 2.45) is 0 Å². The summed E-state index contributed by atoms with van der Waals surface area (Å²) in [6, 6.07) is -0.988.